The van der Waals surface area contributed by atoms with Crippen LogP contribution in [0.3, 0.4) is 0 Å². The van der Waals surface area contributed by atoms with Crippen molar-refractivity contribution in [1.82, 2.24) is 16.0 Å². The maximum absolute atomic E-state index is 12.1. The Balaban J connectivity index is 3.75. The molecule has 0 aliphatic heterocycles. The number of rotatable bonds is 22. The summed E-state index contributed by atoms with van der Waals surface area (Å²) in [5.74, 6) is -2.67. The van der Waals surface area contributed by atoms with E-state index in [4.69, 9.17) is 5.11 Å². The average molecular weight is 510 g/mol. The van der Waals surface area contributed by atoms with Crippen molar-refractivity contribution in [2.24, 2.45) is 5.92 Å². The number of amides is 3. The fraction of sp³-hybridized carbons (Fsp3) is 0.786. The molecule has 0 rings (SSSR count). The summed E-state index contributed by atoms with van der Waals surface area (Å²) in [4.78, 5) is 47.3. The molecule has 4 N–H and O–H groups in total. The minimum Gasteiger partial charge on any atom is -0.480 e. The van der Waals surface area contributed by atoms with Crippen molar-refractivity contribution in [2.75, 3.05) is 6.54 Å². The SMILES string of the molecule is CCCCCCCCC=CCCCCCCCC(=O)NCC(=O)N[C@@H](C)C(=O)N[C@H](C(=O)O)C(C)C. The van der Waals surface area contributed by atoms with E-state index in [-0.39, 0.29) is 18.4 Å². The van der Waals surface area contributed by atoms with Gasteiger partial charge >= 0.3 is 5.97 Å². The second kappa shape index (κ2) is 21.9. The van der Waals surface area contributed by atoms with Crippen molar-refractivity contribution in [1.29, 1.82) is 0 Å². The predicted molar refractivity (Wildman–Crippen MR) is 144 cm³/mol. The molecular formula is C28H51N3O5. The van der Waals surface area contributed by atoms with Gasteiger partial charge < -0.3 is 21.1 Å². The van der Waals surface area contributed by atoms with Gasteiger partial charge in [-0.05, 0) is 44.9 Å². The lowest BCUT2D eigenvalue weighted by molar-refractivity contribution is -0.143. The monoisotopic (exact) mass is 509 g/mol. The van der Waals surface area contributed by atoms with Gasteiger partial charge in [-0.1, -0.05) is 84.3 Å². The number of hydrogen-bond donors (Lipinski definition) is 4. The average Bonchev–Trinajstić information content (AvgIpc) is 2.82. The molecule has 8 heteroatoms. The highest BCUT2D eigenvalue weighted by Crippen LogP contribution is 2.10. The normalized spacial score (nSPS) is 12.9. The van der Waals surface area contributed by atoms with Crippen LogP contribution in [0.15, 0.2) is 12.2 Å². The fourth-order valence-electron chi connectivity index (χ4n) is 3.77. The number of carbonyl (C=O) groups is 4. The number of carboxylic acid groups (broad SMARTS) is 1. The number of carboxylic acids is 1. The molecule has 0 fully saturated rings. The van der Waals surface area contributed by atoms with Crippen LogP contribution >= 0.6 is 0 Å². The standard InChI is InChI=1S/C28H51N3O5/c1-5-6-7-8-9-10-11-12-13-14-15-16-17-18-19-20-24(32)29-21-25(33)30-23(4)27(34)31-26(22(2)3)28(35)36/h12-13,22-23,26H,5-11,14-21H2,1-4H3,(H,29,32)(H,30,33)(H,31,34)(H,35,36)/t23-,26-/m0/s1. The van der Waals surface area contributed by atoms with Gasteiger partial charge in [0.1, 0.15) is 12.1 Å². The van der Waals surface area contributed by atoms with Gasteiger partial charge in [0.2, 0.25) is 17.7 Å². The number of unbranched alkanes of at least 4 members (excludes halogenated alkanes) is 11. The van der Waals surface area contributed by atoms with E-state index >= 15 is 0 Å². The number of allylic oxidation sites excluding steroid dienone is 2. The van der Waals surface area contributed by atoms with E-state index in [1.54, 1.807) is 13.8 Å². The first kappa shape index (κ1) is 33.6. The molecule has 208 valence electrons. The maximum Gasteiger partial charge on any atom is 0.326 e. The van der Waals surface area contributed by atoms with Crippen molar-refractivity contribution >= 4 is 23.7 Å². The predicted octanol–water partition coefficient (Wildman–Crippen LogP) is 4.87. The van der Waals surface area contributed by atoms with E-state index in [1.165, 1.54) is 58.3 Å². The third-order valence-corrected chi connectivity index (χ3v) is 6.11. The summed E-state index contributed by atoms with van der Waals surface area (Å²) in [6.45, 7) is 6.88. The molecule has 0 heterocycles. The van der Waals surface area contributed by atoms with Crippen LogP contribution in [0.1, 0.15) is 118 Å². The molecule has 0 aromatic heterocycles. The molecule has 0 saturated carbocycles. The first-order valence-corrected chi connectivity index (χ1v) is 13.9. The Morgan fingerprint density at radius 1 is 0.722 bits per heavy atom. The minimum atomic E-state index is -1.13. The molecule has 2 atom stereocenters. The van der Waals surface area contributed by atoms with Gasteiger partial charge in [0.05, 0.1) is 6.54 Å². The number of aliphatic carboxylic acids is 1. The fourth-order valence-corrected chi connectivity index (χ4v) is 3.77. The van der Waals surface area contributed by atoms with Crippen molar-refractivity contribution in [3.63, 3.8) is 0 Å². The van der Waals surface area contributed by atoms with Gasteiger partial charge in [-0.2, -0.15) is 0 Å². The first-order chi connectivity index (χ1) is 17.2. The van der Waals surface area contributed by atoms with E-state index < -0.39 is 29.9 Å². The van der Waals surface area contributed by atoms with Gasteiger partial charge in [0, 0.05) is 6.42 Å². The van der Waals surface area contributed by atoms with Gasteiger partial charge in [-0.25, -0.2) is 4.79 Å². The topological polar surface area (TPSA) is 125 Å². The number of nitrogens with one attached hydrogen (secondary N) is 3. The zero-order valence-corrected chi connectivity index (χ0v) is 23.1. The molecule has 0 aliphatic rings. The van der Waals surface area contributed by atoms with E-state index in [1.807, 2.05) is 0 Å². The molecule has 0 radical (unpaired) electrons. The lowest BCUT2D eigenvalue weighted by Crippen LogP contribution is -2.53. The second-order valence-electron chi connectivity index (χ2n) is 9.97. The summed E-state index contributed by atoms with van der Waals surface area (Å²) in [6, 6.07) is -1.93. The van der Waals surface area contributed by atoms with E-state index in [2.05, 4.69) is 35.0 Å². The molecule has 0 aliphatic carbocycles. The summed E-state index contributed by atoms with van der Waals surface area (Å²) < 4.78 is 0. The zero-order chi connectivity index (χ0) is 27.2. The van der Waals surface area contributed by atoms with Gasteiger partial charge in [-0.3, -0.25) is 14.4 Å². The Morgan fingerprint density at radius 3 is 1.78 bits per heavy atom. The summed E-state index contributed by atoms with van der Waals surface area (Å²) in [5, 5.41) is 16.6. The Bertz CT molecular complexity index is 664. The van der Waals surface area contributed by atoms with Crippen molar-refractivity contribution in [3.05, 3.63) is 12.2 Å². The minimum absolute atomic E-state index is 0.189. The third kappa shape index (κ3) is 18.9. The molecule has 36 heavy (non-hydrogen) atoms. The van der Waals surface area contributed by atoms with Crippen LogP contribution in [0, 0.1) is 5.92 Å². The molecule has 3 amide bonds. The highest BCUT2D eigenvalue weighted by molar-refractivity contribution is 5.91. The molecule has 0 aromatic rings. The van der Waals surface area contributed by atoms with E-state index in [0.717, 1.165) is 32.1 Å². The Morgan fingerprint density at radius 2 is 1.25 bits per heavy atom. The molecule has 8 nitrogen and oxygen atoms in total. The maximum atomic E-state index is 12.1. The van der Waals surface area contributed by atoms with Crippen molar-refractivity contribution in [2.45, 2.75) is 130 Å². The highest BCUT2D eigenvalue weighted by atomic mass is 16.4. The first-order valence-electron chi connectivity index (χ1n) is 13.9. The summed E-state index contributed by atoms with van der Waals surface area (Å²) in [6.07, 6.45) is 20.5. The van der Waals surface area contributed by atoms with Crippen LogP contribution in [-0.2, 0) is 19.2 Å². The summed E-state index contributed by atoms with van der Waals surface area (Å²) >= 11 is 0. The summed E-state index contributed by atoms with van der Waals surface area (Å²) in [7, 11) is 0. The summed E-state index contributed by atoms with van der Waals surface area (Å²) in [5.41, 5.74) is 0. The molecule has 0 aromatic carbocycles. The van der Waals surface area contributed by atoms with Crippen LogP contribution in [0.4, 0.5) is 0 Å². The quantitative estimate of drug-likeness (QED) is 0.122. The highest BCUT2D eigenvalue weighted by Gasteiger charge is 2.26. The van der Waals surface area contributed by atoms with Crippen LogP contribution < -0.4 is 16.0 Å². The Hall–Kier alpha value is -2.38. The lowest BCUT2D eigenvalue weighted by atomic mass is 10.0. The Labute approximate surface area is 218 Å². The molecule has 0 unspecified atom stereocenters. The van der Waals surface area contributed by atoms with Gasteiger partial charge in [-0.15, -0.1) is 0 Å². The van der Waals surface area contributed by atoms with Crippen molar-refractivity contribution in [3.8, 4) is 0 Å². The van der Waals surface area contributed by atoms with Gasteiger partial charge in [0.25, 0.3) is 0 Å². The van der Waals surface area contributed by atoms with Crippen LogP contribution in [0.2, 0.25) is 0 Å². The largest absolute Gasteiger partial charge is 0.480 e. The lowest BCUT2D eigenvalue weighted by Gasteiger charge is -2.21. The zero-order valence-electron chi connectivity index (χ0n) is 23.1. The number of carbonyl (C=O) groups excluding carboxylic acids is 3. The van der Waals surface area contributed by atoms with Crippen LogP contribution in [-0.4, -0.2) is 47.4 Å². The Kier molecular flexibility index (Phi) is 20.4. The van der Waals surface area contributed by atoms with Crippen molar-refractivity contribution < 1.29 is 24.3 Å². The van der Waals surface area contributed by atoms with Crippen LogP contribution in [0.5, 0.6) is 0 Å². The third-order valence-electron chi connectivity index (χ3n) is 6.11. The molecule has 0 saturated heterocycles. The van der Waals surface area contributed by atoms with Crippen LogP contribution in [0.25, 0.3) is 0 Å². The van der Waals surface area contributed by atoms with E-state index in [9.17, 15) is 19.2 Å². The second-order valence-corrected chi connectivity index (χ2v) is 9.97. The molecule has 0 spiro atoms. The molecular weight excluding hydrogens is 458 g/mol. The smallest absolute Gasteiger partial charge is 0.326 e. The number of hydrogen-bond acceptors (Lipinski definition) is 4. The van der Waals surface area contributed by atoms with E-state index in [0.29, 0.717) is 6.42 Å². The molecule has 0 bridgehead atoms. The van der Waals surface area contributed by atoms with Gasteiger partial charge in [0.15, 0.2) is 0 Å².